The summed E-state index contributed by atoms with van der Waals surface area (Å²) in [6, 6.07) is 6.15. The van der Waals surface area contributed by atoms with Crippen LogP contribution in [0.4, 0.5) is 0 Å². The zero-order valence-corrected chi connectivity index (χ0v) is 21.9. The Hall–Kier alpha value is -4.02. The number of benzene rings is 1. The number of aliphatic hydroxyl groups is 3. The highest BCUT2D eigenvalue weighted by atomic mass is 16.3. The first-order valence-electron chi connectivity index (χ1n) is 12.9. The van der Waals surface area contributed by atoms with Gasteiger partial charge in [0.25, 0.3) is 5.91 Å². The van der Waals surface area contributed by atoms with Crippen LogP contribution < -0.4 is 5.73 Å². The molecule has 10 heteroatoms. The summed E-state index contributed by atoms with van der Waals surface area (Å²) >= 11 is 0. The number of aliphatic hydroxyl groups excluding tert-OH is 2. The standard InChI is InChI=1S/C29H31N3O7/c1-4-7-13-10-15(18-8-5-6-9-31-18)16-11-14-12-17-22(32(2)3)25(35)21(28(30)38)27(37)29(17,39)26(36)19(14)24(34)20(16)23(13)33/h5-6,8-10,14,17,22,33-34,37,39H,4,7,11-12H2,1-3H3,(H2,30,38)/t14-,17-,22-,29-/m0/s1. The summed E-state index contributed by atoms with van der Waals surface area (Å²) in [5.74, 6) is -6.61. The Kier molecular flexibility index (Phi) is 6.35. The van der Waals surface area contributed by atoms with Crippen LogP contribution >= 0.6 is 0 Å². The molecule has 0 radical (unpaired) electrons. The van der Waals surface area contributed by atoms with Crippen LogP contribution in [0.5, 0.6) is 5.75 Å². The van der Waals surface area contributed by atoms with Gasteiger partial charge in [-0.3, -0.25) is 24.3 Å². The van der Waals surface area contributed by atoms with Gasteiger partial charge in [0.05, 0.1) is 17.3 Å². The van der Waals surface area contributed by atoms with Crippen LogP contribution in [-0.2, 0) is 27.2 Å². The van der Waals surface area contributed by atoms with Gasteiger partial charge in [-0.1, -0.05) is 19.4 Å². The van der Waals surface area contributed by atoms with Crippen LogP contribution in [0.2, 0.25) is 0 Å². The highest BCUT2D eigenvalue weighted by Gasteiger charge is 2.64. The van der Waals surface area contributed by atoms with E-state index >= 15 is 0 Å². The van der Waals surface area contributed by atoms with Crippen molar-refractivity contribution >= 4 is 23.2 Å². The van der Waals surface area contributed by atoms with Crippen molar-refractivity contribution in [2.75, 3.05) is 14.1 Å². The Morgan fingerprint density at radius 1 is 1.21 bits per heavy atom. The minimum absolute atomic E-state index is 0.0326. The molecule has 6 N–H and O–H groups in total. The number of amides is 1. The molecule has 1 fully saturated rings. The van der Waals surface area contributed by atoms with Crippen LogP contribution in [0.3, 0.4) is 0 Å². The second kappa shape index (κ2) is 9.32. The molecule has 1 aromatic heterocycles. The molecule has 3 aliphatic carbocycles. The van der Waals surface area contributed by atoms with Crippen molar-refractivity contribution in [2.24, 2.45) is 17.6 Å². The molecule has 1 saturated carbocycles. The Morgan fingerprint density at radius 3 is 2.51 bits per heavy atom. The lowest BCUT2D eigenvalue weighted by atomic mass is 9.57. The smallest absolute Gasteiger partial charge is 0.255 e. The molecule has 1 heterocycles. The topological polar surface area (TPSA) is 174 Å². The fourth-order valence-electron chi connectivity index (χ4n) is 6.58. The van der Waals surface area contributed by atoms with E-state index in [0.717, 1.165) is 0 Å². The van der Waals surface area contributed by atoms with E-state index in [1.807, 2.05) is 25.1 Å². The Labute approximate surface area is 225 Å². The number of rotatable bonds is 5. The number of carbonyl (C=O) groups is 3. The lowest BCUT2D eigenvalue weighted by molar-refractivity contribution is -0.153. The van der Waals surface area contributed by atoms with Gasteiger partial charge in [0.2, 0.25) is 5.78 Å². The summed E-state index contributed by atoms with van der Waals surface area (Å²) < 4.78 is 0. The van der Waals surface area contributed by atoms with Gasteiger partial charge in [-0.25, -0.2) is 0 Å². The highest BCUT2D eigenvalue weighted by molar-refractivity contribution is 6.24. The van der Waals surface area contributed by atoms with Crippen LogP contribution in [0, 0.1) is 11.8 Å². The first-order chi connectivity index (χ1) is 18.4. The summed E-state index contributed by atoms with van der Waals surface area (Å²) in [7, 11) is 3.14. The average Bonchev–Trinajstić information content (AvgIpc) is 2.88. The fraction of sp³-hybridized carbons (Fsp3) is 0.379. The number of primary amides is 1. The molecular formula is C29H31N3O7. The number of nitrogens with two attached hydrogens (primary N) is 1. The molecule has 204 valence electrons. The number of ketones is 2. The number of carbonyl (C=O) groups excluding carboxylic acids is 3. The van der Waals surface area contributed by atoms with E-state index in [-0.39, 0.29) is 29.7 Å². The molecule has 0 unspecified atom stereocenters. The number of Topliss-reactive ketones (excluding diaryl/α,β-unsaturated/α-hetero) is 2. The molecule has 39 heavy (non-hydrogen) atoms. The van der Waals surface area contributed by atoms with E-state index in [1.165, 1.54) is 4.90 Å². The van der Waals surface area contributed by atoms with E-state index in [4.69, 9.17) is 5.73 Å². The molecule has 3 aliphatic rings. The van der Waals surface area contributed by atoms with E-state index in [1.54, 1.807) is 26.4 Å². The van der Waals surface area contributed by atoms with E-state index < -0.39 is 58.0 Å². The van der Waals surface area contributed by atoms with E-state index in [9.17, 15) is 34.8 Å². The van der Waals surface area contributed by atoms with E-state index in [0.29, 0.717) is 35.2 Å². The molecule has 1 aromatic carbocycles. The van der Waals surface area contributed by atoms with Crippen molar-refractivity contribution in [3.63, 3.8) is 0 Å². The Balaban J connectivity index is 1.78. The average molecular weight is 534 g/mol. The van der Waals surface area contributed by atoms with Gasteiger partial charge >= 0.3 is 0 Å². The number of phenols is 1. The van der Waals surface area contributed by atoms with Gasteiger partial charge in [-0.15, -0.1) is 0 Å². The minimum atomic E-state index is -2.66. The van der Waals surface area contributed by atoms with Crippen molar-refractivity contribution in [1.82, 2.24) is 9.88 Å². The summed E-state index contributed by atoms with van der Waals surface area (Å²) in [5, 5.41) is 45.5. The lowest BCUT2D eigenvalue weighted by Gasteiger charge is -2.50. The van der Waals surface area contributed by atoms with Gasteiger partial charge in [0.1, 0.15) is 22.8 Å². The fourth-order valence-corrected chi connectivity index (χ4v) is 6.58. The summed E-state index contributed by atoms with van der Waals surface area (Å²) in [6.45, 7) is 1.95. The third-order valence-corrected chi connectivity index (χ3v) is 8.26. The molecule has 0 spiro atoms. The number of aromatic nitrogens is 1. The van der Waals surface area contributed by atoms with Crippen molar-refractivity contribution in [3.8, 4) is 17.0 Å². The minimum Gasteiger partial charge on any atom is -0.508 e. The molecule has 0 saturated heterocycles. The number of aromatic hydroxyl groups is 1. The quantitative estimate of drug-likeness (QED) is 0.360. The molecular weight excluding hydrogens is 502 g/mol. The summed E-state index contributed by atoms with van der Waals surface area (Å²) in [6.07, 6.45) is 3.10. The van der Waals surface area contributed by atoms with Gasteiger partial charge in [-0.05, 0) is 68.6 Å². The highest BCUT2D eigenvalue weighted by Crippen LogP contribution is 2.54. The first kappa shape index (κ1) is 26.6. The van der Waals surface area contributed by atoms with Crippen LogP contribution in [0.25, 0.3) is 17.0 Å². The van der Waals surface area contributed by atoms with Crippen molar-refractivity contribution in [2.45, 2.75) is 44.2 Å². The van der Waals surface area contributed by atoms with Crippen molar-refractivity contribution in [1.29, 1.82) is 0 Å². The predicted molar refractivity (Wildman–Crippen MR) is 141 cm³/mol. The number of hydrogen-bond acceptors (Lipinski definition) is 9. The SMILES string of the molecule is CCCc1cc(-c2ccccn2)c2c(c1O)C(O)=C1C(=O)[C@]3(O)C(O)=C(C(N)=O)C(=O)[C@@H](N(C)C)[C@@H]3C[C@@H]1C2. The third kappa shape index (κ3) is 3.70. The maximum absolute atomic E-state index is 14.0. The maximum atomic E-state index is 14.0. The number of nitrogens with zero attached hydrogens (tertiary/aromatic N) is 2. The zero-order valence-electron chi connectivity index (χ0n) is 21.9. The maximum Gasteiger partial charge on any atom is 0.255 e. The Bertz CT molecular complexity index is 1480. The summed E-state index contributed by atoms with van der Waals surface area (Å²) in [4.78, 5) is 45.4. The number of likely N-dealkylation sites (N-methyl/N-ethyl adjacent to an activating group) is 1. The van der Waals surface area contributed by atoms with Gasteiger partial charge in [-0.2, -0.15) is 0 Å². The third-order valence-electron chi connectivity index (χ3n) is 8.26. The molecule has 1 amide bonds. The normalized spacial score (nSPS) is 26.4. The lowest BCUT2D eigenvalue weighted by Crippen LogP contribution is -2.65. The van der Waals surface area contributed by atoms with E-state index in [2.05, 4.69) is 4.98 Å². The number of fused-ring (bicyclic) bond motifs is 3. The second-order valence-corrected chi connectivity index (χ2v) is 10.7. The second-order valence-electron chi connectivity index (χ2n) is 10.7. The van der Waals surface area contributed by atoms with Gasteiger partial charge < -0.3 is 26.2 Å². The predicted octanol–water partition coefficient (Wildman–Crippen LogP) is 1.98. The van der Waals surface area contributed by atoms with Crippen molar-refractivity contribution < 1.29 is 34.8 Å². The van der Waals surface area contributed by atoms with Crippen LogP contribution in [0.15, 0.2) is 47.4 Å². The summed E-state index contributed by atoms with van der Waals surface area (Å²) in [5.41, 5.74) is 4.29. The largest absolute Gasteiger partial charge is 0.508 e. The molecule has 10 nitrogen and oxygen atoms in total. The van der Waals surface area contributed by atoms with Crippen molar-refractivity contribution in [3.05, 3.63) is 64.1 Å². The number of phenolic OH excluding ortho intramolecular Hbond substituents is 1. The Morgan fingerprint density at radius 2 is 1.92 bits per heavy atom. The zero-order chi connectivity index (χ0) is 28.4. The molecule has 5 rings (SSSR count). The number of hydrogen-bond donors (Lipinski definition) is 5. The monoisotopic (exact) mass is 533 g/mol. The number of pyridine rings is 1. The molecule has 4 atom stereocenters. The number of aryl methyl sites for hydroxylation is 1. The molecule has 0 bridgehead atoms. The van der Waals surface area contributed by atoms with Crippen LogP contribution in [0.1, 0.15) is 36.5 Å². The van der Waals surface area contributed by atoms with Crippen LogP contribution in [-0.4, -0.2) is 73.5 Å². The van der Waals surface area contributed by atoms with Gasteiger partial charge in [0, 0.05) is 23.3 Å². The molecule has 0 aliphatic heterocycles. The van der Waals surface area contributed by atoms with Gasteiger partial charge in [0.15, 0.2) is 11.4 Å². The first-order valence-corrected chi connectivity index (χ1v) is 12.9. The molecule has 2 aromatic rings.